The number of rotatable bonds is 7. The van der Waals surface area contributed by atoms with Crippen molar-refractivity contribution in [3.05, 3.63) is 35.4 Å². The third-order valence-electron chi connectivity index (χ3n) is 2.86. The van der Waals surface area contributed by atoms with Gasteiger partial charge in [-0.2, -0.15) is 0 Å². The average molecular weight is 294 g/mol. The van der Waals surface area contributed by atoms with Crippen LogP contribution in [-0.4, -0.2) is 17.9 Å². The minimum Gasteiger partial charge on any atom is -0.368 e. The first kappa shape index (κ1) is 16.6. The summed E-state index contributed by atoms with van der Waals surface area (Å²) in [6.07, 6.45) is 6.11. The number of benzene rings is 1. The van der Waals surface area contributed by atoms with Gasteiger partial charge in [-0.15, -0.1) is 12.3 Å². The Bertz CT molecular complexity index is 567. The quantitative estimate of drug-likeness (QED) is 0.587. The van der Waals surface area contributed by atoms with Crippen LogP contribution in [0.15, 0.2) is 18.2 Å². The van der Waals surface area contributed by atoms with Crippen LogP contribution < -0.4 is 11.1 Å². The second-order valence-corrected chi connectivity index (χ2v) is 4.53. The van der Waals surface area contributed by atoms with Crippen molar-refractivity contribution in [1.82, 2.24) is 5.32 Å². The number of halogens is 2. The zero-order chi connectivity index (χ0) is 15.8. The van der Waals surface area contributed by atoms with Crippen LogP contribution in [0.25, 0.3) is 0 Å². The highest BCUT2D eigenvalue weighted by Crippen LogP contribution is 2.10. The first-order valence-electron chi connectivity index (χ1n) is 6.40. The van der Waals surface area contributed by atoms with Crippen LogP contribution in [0.2, 0.25) is 0 Å². The largest absolute Gasteiger partial charge is 0.368 e. The van der Waals surface area contributed by atoms with Gasteiger partial charge < -0.3 is 11.1 Å². The summed E-state index contributed by atoms with van der Waals surface area (Å²) >= 11 is 0. The van der Waals surface area contributed by atoms with E-state index >= 15 is 0 Å². The maximum Gasteiger partial charge on any atom is 0.240 e. The molecule has 4 nitrogen and oxygen atoms in total. The summed E-state index contributed by atoms with van der Waals surface area (Å²) in [6, 6.07) is 2.09. The van der Waals surface area contributed by atoms with E-state index in [-0.39, 0.29) is 12.0 Å². The van der Waals surface area contributed by atoms with Crippen molar-refractivity contribution in [3.8, 4) is 12.3 Å². The van der Waals surface area contributed by atoms with E-state index in [9.17, 15) is 18.4 Å². The molecule has 0 radical (unpaired) electrons. The Balaban J connectivity index is 2.61. The molecule has 0 bridgehead atoms. The number of carbonyl (C=O) groups is 2. The molecule has 6 heteroatoms. The van der Waals surface area contributed by atoms with Crippen molar-refractivity contribution < 1.29 is 18.4 Å². The molecule has 0 saturated heterocycles. The molecule has 0 aromatic heterocycles. The van der Waals surface area contributed by atoms with Crippen molar-refractivity contribution in [2.24, 2.45) is 5.73 Å². The lowest BCUT2D eigenvalue weighted by Gasteiger charge is -2.15. The Morgan fingerprint density at radius 2 is 2.10 bits per heavy atom. The lowest BCUT2D eigenvalue weighted by molar-refractivity contribution is -0.127. The van der Waals surface area contributed by atoms with E-state index in [1.54, 1.807) is 0 Å². The van der Waals surface area contributed by atoms with Crippen molar-refractivity contribution >= 4 is 11.8 Å². The van der Waals surface area contributed by atoms with Gasteiger partial charge in [-0.25, -0.2) is 8.78 Å². The molecule has 0 spiro atoms. The van der Waals surface area contributed by atoms with Gasteiger partial charge in [0.2, 0.25) is 11.8 Å². The summed E-state index contributed by atoms with van der Waals surface area (Å²) in [5, 5.41) is 2.42. The molecule has 0 saturated carbocycles. The number of hydrogen-bond acceptors (Lipinski definition) is 2. The van der Waals surface area contributed by atoms with Gasteiger partial charge in [0.1, 0.15) is 17.7 Å². The maximum atomic E-state index is 13.4. The van der Waals surface area contributed by atoms with Crippen LogP contribution >= 0.6 is 0 Å². The van der Waals surface area contributed by atoms with E-state index in [2.05, 4.69) is 11.2 Å². The summed E-state index contributed by atoms with van der Waals surface area (Å²) in [4.78, 5) is 23.0. The second kappa shape index (κ2) is 8.00. The second-order valence-electron chi connectivity index (χ2n) is 4.53. The Morgan fingerprint density at radius 3 is 2.67 bits per heavy atom. The van der Waals surface area contributed by atoms with Gasteiger partial charge >= 0.3 is 0 Å². The summed E-state index contributed by atoms with van der Waals surface area (Å²) in [6.45, 7) is 0. The van der Waals surface area contributed by atoms with Crippen molar-refractivity contribution in [3.63, 3.8) is 0 Å². The molecule has 0 fully saturated rings. The van der Waals surface area contributed by atoms with Crippen LogP contribution in [0.3, 0.4) is 0 Å². The fourth-order valence-corrected chi connectivity index (χ4v) is 1.78. The number of hydrogen-bond donors (Lipinski definition) is 2. The molecule has 0 aliphatic rings. The van der Waals surface area contributed by atoms with Gasteiger partial charge in [0.25, 0.3) is 0 Å². The van der Waals surface area contributed by atoms with E-state index < -0.39 is 29.5 Å². The zero-order valence-corrected chi connectivity index (χ0v) is 11.4. The molecule has 1 atom stereocenters. The minimum absolute atomic E-state index is 0.0424. The number of carbonyl (C=O) groups excluding carboxylic acids is 2. The molecule has 3 N–H and O–H groups in total. The predicted octanol–water partition coefficient (Wildman–Crippen LogP) is 1.28. The number of amides is 2. The molecule has 1 aromatic carbocycles. The van der Waals surface area contributed by atoms with Gasteiger partial charge in [-0.05, 0) is 24.5 Å². The molecule has 0 unspecified atom stereocenters. The molecule has 112 valence electrons. The van der Waals surface area contributed by atoms with Crippen molar-refractivity contribution in [2.75, 3.05) is 0 Å². The fraction of sp³-hybridized carbons (Fsp3) is 0.333. The van der Waals surface area contributed by atoms with Crippen LogP contribution in [0.5, 0.6) is 0 Å². The fourth-order valence-electron chi connectivity index (χ4n) is 1.78. The number of unbranched alkanes of at least 4 members (excludes halogenated alkanes) is 1. The predicted molar refractivity (Wildman–Crippen MR) is 73.9 cm³/mol. The first-order valence-corrected chi connectivity index (χ1v) is 6.40. The van der Waals surface area contributed by atoms with Crippen LogP contribution in [-0.2, 0) is 16.0 Å². The number of terminal acetylenes is 1. The maximum absolute atomic E-state index is 13.4. The minimum atomic E-state index is -0.852. The molecule has 2 amide bonds. The Kier molecular flexibility index (Phi) is 6.34. The lowest BCUT2D eigenvalue weighted by atomic mass is 10.1. The Morgan fingerprint density at radius 1 is 1.38 bits per heavy atom. The van der Waals surface area contributed by atoms with E-state index in [4.69, 9.17) is 12.2 Å². The smallest absolute Gasteiger partial charge is 0.240 e. The number of primary amides is 1. The Labute approximate surface area is 121 Å². The summed E-state index contributed by atoms with van der Waals surface area (Å²) in [7, 11) is 0. The molecule has 0 aliphatic heterocycles. The SMILES string of the molecule is C#CCCC[C@@H](NC(=O)Cc1ccc(F)cc1F)C(N)=O. The van der Waals surface area contributed by atoms with Gasteiger partial charge in [-0.3, -0.25) is 9.59 Å². The molecule has 0 aliphatic carbocycles. The third-order valence-corrected chi connectivity index (χ3v) is 2.86. The Hall–Kier alpha value is -2.42. The van der Waals surface area contributed by atoms with Gasteiger partial charge in [0, 0.05) is 12.5 Å². The highest BCUT2D eigenvalue weighted by atomic mass is 19.1. The summed E-state index contributed by atoms with van der Waals surface area (Å²) in [5.41, 5.74) is 5.22. The van der Waals surface area contributed by atoms with Crippen molar-refractivity contribution in [2.45, 2.75) is 31.7 Å². The number of nitrogens with two attached hydrogens (primary N) is 1. The average Bonchev–Trinajstić information content (AvgIpc) is 2.41. The summed E-state index contributed by atoms with van der Waals surface area (Å²) in [5.74, 6) is -0.361. The molecular formula is C15H16F2N2O2. The van der Waals surface area contributed by atoms with E-state index in [1.807, 2.05) is 0 Å². The van der Waals surface area contributed by atoms with E-state index in [0.717, 1.165) is 6.07 Å². The molecule has 1 aromatic rings. The standard InChI is InChI=1S/C15H16F2N2O2/c1-2-3-4-5-13(15(18)21)19-14(20)8-10-6-7-11(16)9-12(10)17/h1,6-7,9,13H,3-5,8H2,(H2,18,21)(H,19,20)/t13-/m1/s1. The normalized spacial score (nSPS) is 11.5. The topological polar surface area (TPSA) is 72.2 Å². The van der Waals surface area contributed by atoms with Gasteiger partial charge in [0.15, 0.2) is 0 Å². The highest BCUT2D eigenvalue weighted by Gasteiger charge is 2.18. The molecule has 21 heavy (non-hydrogen) atoms. The monoisotopic (exact) mass is 294 g/mol. The molecule has 0 heterocycles. The van der Waals surface area contributed by atoms with E-state index in [1.165, 1.54) is 6.07 Å². The van der Waals surface area contributed by atoms with Gasteiger partial charge in [0.05, 0.1) is 6.42 Å². The first-order chi connectivity index (χ1) is 9.93. The van der Waals surface area contributed by atoms with Crippen LogP contribution in [0, 0.1) is 24.0 Å². The highest BCUT2D eigenvalue weighted by molar-refractivity contribution is 5.87. The third kappa shape index (κ3) is 5.61. The van der Waals surface area contributed by atoms with Crippen molar-refractivity contribution in [1.29, 1.82) is 0 Å². The lowest BCUT2D eigenvalue weighted by Crippen LogP contribution is -2.45. The van der Waals surface area contributed by atoms with Crippen LogP contribution in [0.1, 0.15) is 24.8 Å². The number of nitrogens with one attached hydrogen (secondary N) is 1. The summed E-state index contributed by atoms with van der Waals surface area (Å²) < 4.78 is 26.2. The van der Waals surface area contributed by atoms with E-state index in [0.29, 0.717) is 25.3 Å². The zero-order valence-electron chi connectivity index (χ0n) is 11.4. The van der Waals surface area contributed by atoms with Gasteiger partial charge in [-0.1, -0.05) is 6.07 Å². The molecular weight excluding hydrogens is 278 g/mol. The van der Waals surface area contributed by atoms with Crippen LogP contribution in [0.4, 0.5) is 8.78 Å². The molecule has 1 rings (SSSR count).